The lowest BCUT2D eigenvalue weighted by Gasteiger charge is -2.30. The van der Waals surface area contributed by atoms with Gasteiger partial charge in [0.05, 0.1) is 11.4 Å². The largest absolute Gasteiger partial charge is 0.369 e. The summed E-state index contributed by atoms with van der Waals surface area (Å²) in [4.78, 5) is 4.45. The fourth-order valence-corrected chi connectivity index (χ4v) is 3.65. The maximum Gasteiger partial charge on any atom is 0.103 e. The molecule has 0 aromatic heterocycles. The van der Waals surface area contributed by atoms with Crippen molar-refractivity contribution in [3.8, 4) is 0 Å². The van der Waals surface area contributed by atoms with Crippen molar-refractivity contribution in [2.24, 2.45) is 0 Å². The molecule has 0 aliphatic carbocycles. The molecule has 2 saturated heterocycles. The van der Waals surface area contributed by atoms with E-state index in [9.17, 15) is 0 Å². The lowest BCUT2D eigenvalue weighted by Crippen LogP contribution is -2.42. The highest BCUT2D eigenvalue weighted by Crippen LogP contribution is 2.27. The van der Waals surface area contributed by atoms with E-state index in [1.807, 2.05) is 19.1 Å². The van der Waals surface area contributed by atoms with Gasteiger partial charge in [-0.15, -0.1) is 0 Å². The van der Waals surface area contributed by atoms with Gasteiger partial charge in [-0.3, -0.25) is 0 Å². The minimum atomic E-state index is 0.748. The van der Waals surface area contributed by atoms with Gasteiger partial charge in [0.25, 0.3) is 0 Å². The Hall–Kier alpha value is -3.24. The first kappa shape index (κ1) is 26.0. The second kappa shape index (κ2) is 12.7. The first-order valence-corrected chi connectivity index (χ1v) is 11.5. The van der Waals surface area contributed by atoms with E-state index in [0.717, 1.165) is 55.5 Å². The molecule has 0 unspecified atom stereocenters. The van der Waals surface area contributed by atoms with Crippen molar-refractivity contribution in [2.75, 3.05) is 26.2 Å². The van der Waals surface area contributed by atoms with Crippen LogP contribution in [0.15, 0.2) is 103 Å². The molecule has 0 saturated carbocycles. The van der Waals surface area contributed by atoms with Crippen molar-refractivity contribution in [1.82, 2.24) is 20.4 Å². The van der Waals surface area contributed by atoms with Crippen molar-refractivity contribution >= 4 is 5.57 Å². The summed E-state index contributed by atoms with van der Waals surface area (Å²) < 4.78 is 0. The Bertz CT molecular complexity index is 967. The van der Waals surface area contributed by atoms with E-state index in [-0.39, 0.29) is 0 Å². The topological polar surface area (TPSA) is 30.5 Å². The molecule has 2 N–H and O–H groups in total. The summed E-state index contributed by atoms with van der Waals surface area (Å²) in [5.74, 6) is 0.860. The van der Waals surface area contributed by atoms with Crippen molar-refractivity contribution in [3.05, 3.63) is 114 Å². The second-order valence-corrected chi connectivity index (χ2v) is 8.56. The summed E-state index contributed by atoms with van der Waals surface area (Å²) in [6.07, 6.45) is 8.16. The van der Waals surface area contributed by atoms with Gasteiger partial charge in [-0.05, 0) is 57.0 Å². The summed E-state index contributed by atoms with van der Waals surface area (Å²) in [7, 11) is 0. The van der Waals surface area contributed by atoms with E-state index in [0.29, 0.717) is 0 Å². The first-order chi connectivity index (χ1) is 15.8. The van der Waals surface area contributed by atoms with Gasteiger partial charge in [-0.1, -0.05) is 67.8 Å². The predicted molar refractivity (Wildman–Crippen MR) is 144 cm³/mol. The Morgan fingerprint density at radius 2 is 1.82 bits per heavy atom. The molecule has 0 amide bonds. The van der Waals surface area contributed by atoms with E-state index in [1.54, 1.807) is 0 Å². The first-order valence-electron chi connectivity index (χ1n) is 11.5. The molecule has 2 heterocycles. The average Bonchev–Trinajstić information content (AvgIpc) is 3.07. The highest BCUT2D eigenvalue weighted by atomic mass is 15.3. The van der Waals surface area contributed by atoms with E-state index in [2.05, 4.69) is 104 Å². The Balaban J connectivity index is 0.000000294. The standard InChI is InChI=1S/C20H24N2.C9H16N2/c1-14(2)10-11-20-16(5)22(17(6)21-20)13-18-8-7-9-19(12-18)15(3)4;1-3-9(4-2)11-7-5-10-6-8-11/h7-12,21H,3,5-6,13H2,1-2,4H3;3-4,10H,1,5-8H2,2H3/b20-11+;9-4+. The summed E-state index contributed by atoms with van der Waals surface area (Å²) in [6.45, 7) is 29.4. The van der Waals surface area contributed by atoms with Crippen LogP contribution in [0.1, 0.15) is 38.8 Å². The normalized spacial score (nSPS) is 17.3. The van der Waals surface area contributed by atoms with E-state index >= 15 is 0 Å². The molecule has 0 bridgehead atoms. The molecule has 0 atom stereocenters. The number of hydrogen-bond donors (Lipinski definition) is 2. The zero-order valence-corrected chi connectivity index (χ0v) is 20.9. The highest BCUT2D eigenvalue weighted by molar-refractivity contribution is 5.61. The van der Waals surface area contributed by atoms with Crippen LogP contribution in [0.3, 0.4) is 0 Å². The molecule has 1 aromatic rings. The van der Waals surface area contributed by atoms with Crippen molar-refractivity contribution in [1.29, 1.82) is 0 Å². The Morgan fingerprint density at radius 3 is 2.39 bits per heavy atom. The van der Waals surface area contributed by atoms with Gasteiger partial charge in [0, 0.05) is 38.4 Å². The Morgan fingerprint density at radius 1 is 1.12 bits per heavy atom. The third-order valence-corrected chi connectivity index (χ3v) is 5.57. The summed E-state index contributed by atoms with van der Waals surface area (Å²) >= 11 is 0. The van der Waals surface area contributed by atoms with Crippen LogP contribution in [0.25, 0.3) is 5.57 Å². The van der Waals surface area contributed by atoms with Crippen molar-refractivity contribution in [3.63, 3.8) is 0 Å². The highest BCUT2D eigenvalue weighted by Gasteiger charge is 2.23. The monoisotopic (exact) mass is 444 g/mol. The van der Waals surface area contributed by atoms with Crippen LogP contribution in [-0.4, -0.2) is 36.0 Å². The molecule has 4 nitrogen and oxygen atoms in total. The Kier molecular flexibility index (Phi) is 10.0. The zero-order chi connectivity index (χ0) is 24.4. The van der Waals surface area contributed by atoms with Crippen LogP contribution in [-0.2, 0) is 6.54 Å². The number of hydrogen-bond acceptors (Lipinski definition) is 4. The molecular formula is C29H40N4. The molecular weight excluding hydrogens is 404 g/mol. The number of rotatable bonds is 6. The second-order valence-electron chi connectivity index (χ2n) is 8.56. The number of piperazine rings is 1. The molecule has 4 heteroatoms. The van der Waals surface area contributed by atoms with Crippen LogP contribution in [0.2, 0.25) is 0 Å². The molecule has 2 fully saturated rings. The fraction of sp³-hybridized carbons (Fsp3) is 0.310. The minimum absolute atomic E-state index is 0.748. The van der Waals surface area contributed by atoms with Gasteiger partial charge < -0.3 is 20.4 Å². The van der Waals surface area contributed by atoms with Crippen LogP contribution in [0.5, 0.6) is 0 Å². The van der Waals surface area contributed by atoms with Gasteiger partial charge in [-0.2, -0.15) is 0 Å². The van der Waals surface area contributed by atoms with Crippen molar-refractivity contribution in [2.45, 2.75) is 34.2 Å². The van der Waals surface area contributed by atoms with E-state index < -0.39 is 0 Å². The zero-order valence-electron chi connectivity index (χ0n) is 20.9. The summed E-state index contributed by atoms with van der Waals surface area (Å²) in [5.41, 5.74) is 7.91. The number of nitrogens with zero attached hydrogens (tertiary/aromatic N) is 2. The third-order valence-electron chi connectivity index (χ3n) is 5.57. The minimum Gasteiger partial charge on any atom is -0.369 e. The molecule has 0 spiro atoms. The molecule has 3 rings (SSSR count). The smallest absolute Gasteiger partial charge is 0.103 e. The van der Waals surface area contributed by atoms with Crippen LogP contribution < -0.4 is 10.6 Å². The molecule has 1 aromatic carbocycles. The predicted octanol–water partition coefficient (Wildman–Crippen LogP) is 5.94. The molecule has 176 valence electrons. The molecule has 2 aliphatic heterocycles. The molecule has 33 heavy (non-hydrogen) atoms. The lowest BCUT2D eigenvalue weighted by atomic mass is 10.1. The SMILES string of the molecule is C=C(C)c1cccc(CN2C(=C)N/C(=C/C=C(C)C)C2=C)c1.C=C/C(=C\C)N1CCNCC1. The average molecular weight is 445 g/mol. The van der Waals surface area contributed by atoms with Crippen LogP contribution in [0.4, 0.5) is 0 Å². The summed E-state index contributed by atoms with van der Waals surface area (Å²) in [5, 5.41) is 6.61. The van der Waals surface area contributed by atoms with Crippen LogP contribution in [0, 0.1) is 0 Å². The van der Waals surface area contributed by atoms with Gasteiger partial charge in [0.15, 0.2) is 0 Å². The van der Waals surface area contributed by atoms with Gasteiger partial charge in [0.1, 0.15) is 5.82 Å². The van der Waals surface area contributed by atoms with Crippen LogP contribution >= 0.6 is 0 Å². The maximum absolute atomic E-state index is 4.19. The van der Waals surface area contributed by atoms with Gasteiger partial charge >= 0.3 is 0 Å². The third kappa shape index (κ3) is 7.69. The quantitative estimate of drug-likeness (QED) is 0.532. The van der Waals surface area contributed by atoms with Crippen molar-refractivity contribution < 1.29 is 0 Å². The van der Waals surface area contributed by atoms with E-state index in [1.165, 1.54) is 22.4 Å². The number of benzene rings is 1. The maximum atomic E-state index is 4.19. The van der Waals surface area contributed by atoms with E-state index in [4.69, 9.17) is 0 Å². The number of allylic oxidation sites excluding steroid dienone is 6. The molecule has 2 aliphatic rings. The summed E-state index contributed by atoms with van der Waals surface area (Å²) in [6, 6.07) is 8.43. The van der Waals surface area contributed by atoms with Gasteiger partial charge in [0.2, 0.25) is 0 Å². The molecule has 0 radical (unpaired) electrons. The lowest BCUT2D eigenvalue weighted by molar-refractivity contribution is 0.307. The fourth-order valence-electron chi connectivity index (χ4n) is 3.65. The number of nitrogens with one attached hydrogen (secondary N) is 2. The Labute approximate surface area is 201 Å². The van der Waals surface area contributed by atoms with Gasteiger partial charge in [-0.25, -0.2) is 0 Å².